The average Bonchev–Trinajstić information content (AvgIpc) is 2.76. The monoisotopic (exact) mass is 415 g/mol. The fourth-order valence-corrected chi connectivity index (χ4v) is 2.65. The van der Waals surface area contributed by atoms with Gasteiger partial charge in [0.2, 0.25) is 0 Å². The van der Waals surface area contributed by atoms with Gasteiger partial charge in [-0.05, 0) is 55.3 Å². The van der Waals surface area contributed by atoms with Gasteiger partial charge in [-0.15, -0.1) is 6.42 Å². The molecule has 0 heterocycles. The number of hydrogen-bond donors (Lipinski definition) is 1. The van der Waals surface area contributed by atoms with Crippen LogP contribution in [0.5, 0.6) is 17.2 Å². The zero-order valence-corrected chi connectivity index (χ0v) is 17.2. The Bertz CT molecular complexity index is 848. The Balaban J connectivity index is 1.86. The number of terminal acetylenes is 1. The van der Waals surface area contributed by atoms with Crippen molar-refractivity contribution in [1.82, 2.24) is 5.32 Å². The summed E-state index contributed by atoms with van der Waals surface area (Å²) in [5.74, 6) is 3.39. The predicted octanol–water partition coefficient (Wildman–Crippen LogP) is 2.99. The van der Waals surface area contributed by atoms with Gasteiger partial charge in [0.15, 0.2) is 17.6 Å². The number of carbonyl (C=O) groups is 1. The molecule has 2 rings (SSSR count). The summed E-state index contributed by atoms with van der Waals surface area (Å²) in [6.45, 7) is 2.76. The molecule has 30 heavy (non-hydrogen) atoms. The van der Waals surface area contributed by atoms with Gasteiger partial charge in [-0.1, -0.05) is 12.0 Å². The van der Waals surface area contributed by atoms with Crippen molar-refractivity contribution >= 4 is 5.91 Å². The highest BCUT2D eigenvalue weighted by Crippen LogP contribution is 2.28. The fourth-order valence-electron chi connectivity index (χ4n) is 2.65. The van der Waals surface area contributed by atoms with E-state index in [1.165, 1.54) is 24.3 Å². The van der Waals surface area contributed by atoms with E-state index in [4.69, 9.17) is 25.4 Å². The van der Waals surface area contributed by atoms with E-state index in [1.807, 2.05) is 12.1 Å². The lowest BCUT2D eigenvalue weighted by molar-refractivity contribution is -0.134. The van der Waals surface area contributed by atoms with Crippen LogP contribution < -0.4 is 19.5 Å². The van der Waals surface area contributed by atoms with Crippen molar-refractivity contribution in [1.29, 1.82) is 0 Å². The molecule has 0 saturated carbocycles. The summed E-state index contributed by atoms with van der Waals surface area (Å²) in [7, 11) is 1.55. The third-order valence-corrected chi connectivity index (χ3v) is 4.13. The van der Waals surface area contributed by atoms with Crippen LogP contribution in [0.15, 0.2) is 42.5 Å². The van der Waals surface area contributed by atoms with Crippen molar-refractivity contribution in [3.8, 4) is 29.6 Å². The lowest BCUT2D eigenvalue weighted by Crippen LogP contribution is -2.41. The first-order valence-electron chi connectivity index (χ1n) is 9.58. The lowest BCUT2D eigenvalue weighted by atomic mass is 10.1. The second-order valence-corrected chi connectivity index (χ2v) is 6.23. The molecule has 0 aliphatic heterocycles. The van der Waals surface area contributed by atoms with E-state index >= 15 is 0 Å². The van der Waals surface area contributed by atoms with Gasteiger partial charge in [0.05, 0.1) is 7.11 Å². The normalized spacial score (nSPS) is 11.3. The molecule has 0 aromatic heterocycles. The van der Waals surface area contributed by atoms with Gasteiger partial charge in [-0.2, -0.15) is 0 Å². The predicted molar refractivity (Wildman–Crippen MR) is 111 cm³/mol. The number of hydrogen-bond acceptors (Lipinski definition) is 5. The van der Waals surface area contributed by atoms with Crippen molar-refractivity contribution in [2.75, 3.05) is 33.5 Å². The maximum absolute atomic E-state index is 13.0. The lowest BCUT2D eigenvalue weighted by Gasteiger charge is -2.18. The molecular formula is C23H26FNO5. The van der Waals surface area contributed by atoms with Gasteiger partial charge in [0.1, 0.15) is 24.8 Å². The zero-order valence-electron chi connectivity index (χ0n) is 17.2. The molecule has 1 amide bonds. The Morgan fingerprint density at radius 3 is 2.60 bits per heavy atom. The minimum atomic E-state index is -0.769. The van der Waals surface area contributed by atoms with E-state index < -0.39 is 6.10 Å². The van der Waals surface area contributed by atoms with Crippen LogP contribution in [0.25, 0.3) is 0 Å². The Morgan fingerprint density at radius 1 is 1.17 bits per heavy atom. The van der Waals surface area contributed by atoms with Crippen molar-refractivity contribution < 1.29 is 28.1 Å². The molecule has 2 aromatic rings. The highest BCUT2D eigenvalue weighted by molar-refractivity contribution is 5.81. The van der Waals surface area contributed by atoms with Crippen molar-refractivity contribution in [3.05, 3.63) is 53.8 Å². The molecule has 0 saturated heterocycles. The minimum Gasteiger partial charge on any atom is -0.493 e. The number of ether oxygens (including phenoxy) is 4. The minimum absolute atomic E-state index is 0.0281. The Labute approximate surface area is 176 Å². The first-order valence-corrected chi connectivity index (χ1v) is 9.58. The SMILES string of the molecule is C#CCOc1ccc(CCNC(=O)C(COc2ccc(F)cc2)OCC)cc1OC. The summed E-state index contributed by atoms with van der Waals surface area (Å²) in [4.78, 5) is 12.5. The van der Waals surface area contributed by atoms with Gasteiger partial charge >= 0.3 is 0 Å². The standard InChI is InChI=1S/C23H26FNO5/c1-4-14-29-20-11-6-17(15-21(20)27-3)12-13-25-23(26)22(28-5-2)16-30-19-9-7-18(24)8-10-19/h1,6-11,15,22H,5,12-14,16H2,2-3H3,(H,25,26). The van der Waals surface area contributed by atoms with Gasteiger partial charge in [0.25, 0.3) is 5.91 Å². The maximum Gasteiger partial charge on any atom is 0.252 e. The second kappa shape index (κ2) is 12.3. The first-order chi connectivity index (χ1) is 14.6. The molecule has 0 spiro atoms. The average molecular weight is 415 g/mol. The smallest absolute Gasteiger partial charge is 0.252 e. The summed E-state index contributed by atoms with van der Waals surface area (Å²) in [5.41, 5.74) is 0.968. The van der Waals surface area contributed by atoms with Gasteiger partial charge in [-0.25, -0.2) is 4.39 Å². The molecule has 1 unspecified atom stereocenters. The molecule has 0 aliphatic rings. The van der Waals surface area contributed by atoms with Gasteiger partial charge < -0.3 is 24.3 Å². The topological polar surface area (TPSA) is 66.0 Å². The third-order valence-electron chi connectivity index (χ3n) is 4.13. The Morgan fingerprint density at radius 2 is 1.93 bits per heavy atom. The van der Waals surface area contributed by atoms with Crippen LogP contribution in [-0.2, 0) is 16.0 Å². The van der Waals surface area contributed by atoms with Crippen LogP contribution in [0, 0.1) is 18.2 Å². The molecule has 2 aromatic carbocycles. The van der Waals surface area contributed by atoms with Crippen LogP contribution in [0.1, 0.15) is 12.5 Å². The van der Waals surface area contributed by atoms with Crippen molar-refractivity contribution in [2.45, 2.75) is 19.4 Å². The van der Waals surface area contributed by atoms with Crippen molar-refractivity contribution in [2.24, 2.45) is 0 Å². The van der Waals surface area contributed by atoms with Crippen LogP contribution >= 0.6 is 0 Å². The summed E-state index contributed by atoms with van der Waals surface area (Å²) in [5, 5.41) is 2.85. The van der Waals surface area contributed by atoms with E-state index in [-0.39, 0.29) is 24.9 Å². The number of halogens is 1. The first kappa shape index (κ1) is 23.0. The molecule has 0 aliphatic carbocycles. The number of rotatable bonds is 12. The van der Waals surface area contributed by atoms with E-state index in [0.29, 0.717) is 36.8 Å². The quantitative estimate of drug-likeness (QED) is 0.540. The fraction of sp³-hybridized carbons (Fsp3) is 0.348. The highest BCUT2D eigenvalue weighted by Gasteiger charge is 2.19. The second-order valence-electron chi connectivity index (χ2n) is 6.23. The van der Waals surface area contributed by atoms with Gasteiger partial charge in [-0.3, -0.25) is 4.79 Å². The summed E-state index contributed by atoms with van der Waals surface area (Å²) < 4.78 is 34.7. The largest absolute Gasteiger partial charge is 0.493 e. The van der Waals surface area contributed by atoms with E-state index in [1.54, 1.807) is 20.1 Å². The zero-order chi connectivity index (χ0) is 21.8. The van der Waals surface area contributed by atoms with Crippen LogP contribution in [0.3, 0.4) is 0 Å². The van der Waals surface area contributed by atoms with Crippen LogP contribution in [0.2, 0.25) is 0 Å². The van der Waals surface area contributed by atoms with E-state index in [2.05, 4.69) is 11.2 Å². The molecule has 6 nitrogen and oxygen atoms in total. The summed E-state index contributed by atoms with van der Waals surface area (Å²) in [6, 6.07) is 11.1. The number of nitrogens with one attached hydrogen (secondary N) is 1. The molecule has 7 heteroatoms. The molecule has 160 valence electrons. The molecule has 1 N–H and O–H groups in total. The van der Waals surface area contributed by atoms with Gasteiger partial charge in [0, 0.05) is 13.2 Å². The highest BCUT2D eigenvalue weighted by atomic mass is 19.1. The number of carbonyl (C=O) groups excluding carboxylic acids is 1. The number of amides is 1. The summed E-state index contributed by atoms with van der Waals surface area (Å²) in [6.07, 6.45) is 5.03. The summed E-state index contributed by atoms with van der Waals surface area (Å²) >= 11 is 0. The number of benzene rings is 2. The molecule has 0 radical (unpaired) electrons. The molecule has 0 fully saturated rings. The Kier molecular flexibility index (Phi) is 9.49. The molecular weight excluding hydrogens is 389 g/mol. The Hall–Kier alpha value is -3.24. The van der Waals surface area contributed by atoms with E-state index in [0.717, 1.165) is 5.56 Å². The maximum atomic E-state index is 13.0. The molecule has 1 atom stereocenters. The van der Waals surface area contributed by atoms with Crippen LogP contribution in [0.4, 0.5) is 4.39 Å². The third kappa shape index (κ3) is 7.30. The molecule has 0 bridgehead atoms. The van der Waals surface area contributed by atoms with Crippen molar-refractivity contribution in [3.63, 3.8) is 0 Å². The van der Waals surface area contributed by atoms with E-state index in [9.17, 15) is 9.18 Å². The number of methoxy groups -OCH3 is 1. The van der Waals surface area contributed by atoms with Crippen LogP contribution in [-0.4, -0.2) is 45.5 Å².